The van der Waals surface area contributed by atoms with Crippen molar-refractivity contribution in [2.24, 2.45) is 0 Å². The molecule has 0 bridgehead atoms. The first-order chi connectivity index (χ1) is 12.3. The van der Waals surface area contributed by atoms with Gasteiger partial charge < -0.3 is 14.5 Å². The summed E-state index contributed by atoms with van der Waals surface area (Å²) in [6.07, 6.45) is 1.22. The highest BCUT2D eigenvalue weighted by atomic mass is 32.2. The third-order valence-corrected chi connectivity index (χ3v) is 6.08. The zero-order valence-corrected chi connectivity index (χ0v) is 16.0. The van der Waals surface area contributed by atoms with Crippen LogP contribution in [0.15, 0.2) is 24.3 Å². The summed E-state index contributed by atoms with van der Waals surface area (Å²) in [5.74, 6) is 0.233. The van der Waals surface area contributed by atoms with Gasteiger partial charge in [0.1, 0.15) is 11.8 Å². The molecule has 1 amide bonds. The monoisotopic (exact) mass is 379 g/mol. The first-order valence-electron chi connectivity index (χ1n) is 8.59. The van der Waals surface area contributed by atoms with Crippen LogP contribution in [0.4, 0.5) is 0 Å². The zero-order chi connectivity index (χ0) is 19.2. The van der Waals surface area contributed by atoms with Crippen LogP contribution in [0.1, 0.15) is 18.4 Å². The lowest BCUT2D eigenvalue weighted by molar-refractivity contribution is -0.135. The Morgan fingerprint density at radius 3 is 2.65 bits per heavy atom. The molecule has 0 N–H and O–H groups in total. The van der Waals surface area contributed by atoms with Gasteiger partial charge in [-0.3, -0.25) is 4.79 Å². The van der Waals surface area contributed by atoms with Crippen LogP contribution >= 0.6 is 0 Å². The summed E-state index contributed by atoms with van der Waals surface area (Å²) in [6, 6.07) is 8.45. The molecule has 1 saturated heterocycles. The van der Waals surface area contributed by atoms with Crippen LogP contribution in [0.3, 0.4) is 0 Å². The highest BCUT2D eigenvalue weighted by Gasteiger charge is 2.34. The maximum atomic E-state index is 12.7. The highest BCUT2D eigenvalue weighted by molar-refractivity contribution is 7.91. The normalized spacial score (nSPS) is 18.5. The van der Waals surface area contributed by atoms with E-state index in [0.717, 1.165) is 13.0 Å². The second-order valence-electron chi connectivity index (χ2n) is 6.70. The second-order valence-corrected chi connectivity index (χ2v) is 8.93. The predicted molar refractivity (Wildman–Crippen MR) is 98.6 cm³/mol. The Kier molecular flexibility index (Phi) is 7.00. The van der Waals surface area contributed by atoms with Gasteiger partial charge in [-0.2, -0.15) is 5.26 Å². The fraction of sp³-hybridized carbons (Fsp3) is 0.556. The number of hydrogen-bond acceptors (Lipinski definition) is 6. The van der Waals surface area contributed by atoms with Gasteiger partial charge in [0.05, 0.1) is 17.1 Å². The molecule has 1 fully saturated rings. The minimum atomic E-state index is -3.08. The molecule has 1 aromatic carbocycles. The zero-order valence-electron chi connectivity index (χ0n) is 15.2. The molecule has 7 nitrogen and oxygen atoms in total. The molecule has 8 heteroatoms. The Morgan fingerprint density at radius 1 is 1.31 bits per heavy atom. The van der Waals surface area contributed by atoms with Gasteiger partial charge in [0.15, 0.2) is 16.4 Å². The molecule has 0 radical (unpaired) electrons. The Morgan fingerprint density at radius 2 is 2.04 bits per heavy atom. The first kappa shape index (κ1) is 20.2. The van der Waals surface area contributed by atoms with Gasteiger partial charge in [0.2, 0.25) is 0 Å². The average Bonchev–Trinajstić information content (AvgIpc) is 2.96. The standard InChI is InChI=1S/C18H25N3O4S/c1-20(2)9-5-10-21(16-8-11-26(23,24)14-16)18(22)13-25-17-7-4-3-6-15(17)12-19/h3-4,6-7,16H,5,8-11,13-14H2,1-2H3/t16-/m1/s1. The Hall–Kier alpha value is -2.11. The molecule has 0 aromatic heterocycles. The number of nitrogens with zero attached hydrogens (tertiary/aromatic N) is 3. The van der Waals surface area contributed by atoms with E-state index in [9.17, 15) is 13.2 Å². The lowest BCUT2D eigenvalue weighted by Gasteiger charge is -2.29. The fourth-order valence-corrected chi connectivity index (χ4v) is 4.73. The molecule has 0 aliphatic carbocycles. The number of rotatable bonds is 8. The highest BCUT2D eigenvalue weighted by Crippen LogP contribution is 2.20. The van der Waals surface area contributed by atoms with Gasteiger partial charge in [-0.1, -0.05) is 12.1 Å². The Labute approximate surface area is 155 Å². The van der Waals surface area contributed by atoms with Crippen molar-refractivity contribution in [3.05, 3.63) is 29.8 Å². The van der Waals surface area contributed by atoms with Gasteiger partial charge in [0, 0.05) is 12.6 Å². The van der Waals surface area contributed by atoms with E-state index in [1.165, 1.54) is 0 Å². The third-order valence-electron chi connectivity index (χ3n) is 4.33. The number of benzene rings is 1. The molecule has 0 spiro atoms. The lowest BCUT2D eigenvalue weighted by Crippen LogP contribution is -2.44. The Bertz CT molecular complexity index is 771. The summed E-state index contributed by atoms with van der Waals surface area (Å²) in [5, 5.41) is 9.09. The summed E-state index contributed by atoms with van der Waals surface area (Å²) >= 11 is 0. The fourth-order valence-electron chi connectivity index (χ4n) is 3.00. The van der Waals surface area contributed by atoms with Gasteiger partial charge in [-0.25, -0.2) is 8.42 Å². The average molecular weight is 379 g/mol. The van der Waals surface area contributed by atoms with Crippen LogP contribution in [-0.4, -0.2) is 75.5 Å². The molecule has 0 saturated carbocycles. The van der Waals surface area contributed by atoms with E-state index >= 15 is 0 Å². The van der Waals surface area contributed by atoms with Crippen molar-refractivity contribution in [2.45, 2.75) is 18.9 Å². The predicted octanol–water partition coefficient (Wildman–Crippen LogP) is 0.904. The summed E-state index contributed by atoms with van der Waals surface area (Å²) in [5.41, 5.74) is 0.364. The van der Waals surface area contributed by atoms with Crippen molar-refractivity contribution >= 4 is 15.7 Å². The van der Waals surface area contributed by atoms with Crippen molar-refractivity contribution in [1.82, 2.24) is 9.80 Å². The molecule has 26 heavy (non-hydrogen) atoms. The third kappa shape index (κ3) is 5.71. The maximum Gasteiger partial charge on any atom is 0.260 e. The number of nitriles is 1. The van der Waals surface area contributed by atoms with Crippen LogP contribution in [0, 0.1) is 11.3 Å². The molecule has 1 heterocycles. The number of carbonyl (C=O) groups excluding carboxylic acids is 1. The largest absolute Gasteiger partial charge is 0.482 e. The Balaban J connectivity index is 2.03. The molecule has 0 unspecified atom stereocenters. The van der Waals surface area contributed by atoms with Crippen molar-refractivity contribution < 1.29 is 17.9 Å². The topological polar surface area (TPSA) is 90.7 Å². The number of carbonyl (C=O) groups is 1. The van der Waals surface area contributed by atoms with Crippen molar-refractivity contribution in [3.63, 3.8) is 0 Å². The van der Waals surface area contributed by atoms with E-state index in [2.05, 4.69) is 0 Å². The molecule has 1 aliphatic rings. The van der Waals surface area contributed by atoms with Crippen LogP contribution in [0.2, 0.25) is 0 Å². The quantitative estimate of drug-likeness (QED) is 0.667. The van der Waals surface area contributed by atoms with E-state index < -0.39 is 9.84 Å². The minimum absolute atomic E-state index is 0.00941. The lowest BCUT2D eigenvalue weighted by atomic mass is 10.2. The van der Waals surface area contributed by atoms with Crippen LogP contribution in [0.5, 0.6) is 5.75 Å². The SMILES string of the molecule is CN(C)CCCN(C(=O)COc1ccccc1C#N)[C@@H]1CCS(=O)(=O)C1. The van der Waals surface area contributed by atoms with Crippen molar-refractivity contribution in [3.8, 4) is 11.8 Å². The number of amides is 1. The maximum absolute atomic E-state index is 12.7. The summed E-state index contributed by atoms with van der Waals surface area (Å²) in [4.78, 5) is 16.3. The molecule has 2 rings (SSSR count). The van der Waals surface area contributed by atoms with Gasteiger partial charge in [-0.15, -0.1) is 0 Å². The number of hydrogen-bond donors (Lipinski definition) is 0. The second kappa shape index (κ2) is 9.01. The smallest absolute Gasteiger partial charge is 0.260 e. The molecular formula is C18H25N3O4S. The van der Waals surface area contributed by atoms with Crippen LogP contribution < -0.4 is 4.74 Å². The van der Waals surface area contributed by atoms with Gasteiger partial charge in [0.25, 0.3) is 5.91 Å². The van der Waals surface area contributed by atoms with Gasteiger partial charge in [-0.05, 0) is 45.6 Å². The van der Waals surface area contributed by atoms with Crippen molar-refractivity contribution in [1.29, 1.82) is 5.26 Å². The molecule has 1 aromatic rings. The molecule has 1 atom stereocenters. The van der Waals surface area contributed by atoms with Crippen LogP contribution in [-0.2, 0) is 14.6 Å². The summed E-state index contributed by atoms with van der Waals surface area (Å²) < 4.78 is 29.1. The van der Waals surface area contributed by atoms with Crippen LogP contribution in [0.25, 0.3) is 0 Å². The molecule has 1 aliphatic heterocycles. The van der Waals surface area contributed by atoms with E-state index in [1.54, 1.807) is 29.2 Å². The minimum Gasteiger partial charge on any atom is -0.482 e. The number of para-hydroxylation sites is 1. The van der Waals surface area contributed by atoms with E-state index in [-0.39, 0.29) is 30.1 Å². The number of ether oxygens (including phenoxy) is 1. The first-order valence-corrected chi connectivity index (χ1v) is 10.4. The van der Waals surface area contributed by atoms with Crippen molar-refractivity contribution in [2.75, 3.05) is 45.3 Å². The number of sulfone groups is 1. The molecule has 142 valence electrons. The molecular weight excluding hydrogens is 354 g/mol. The van der Waals surface area contributed by atoms with E-state index in [4.69, 9.17) is 10.00 Å². The summed E-state index contributed by atoms with van der Waals surface area (Å²) in [6.45, 7) is 1.08. The summed E-state index contributed by atoms with van der Waals surface area (Å²) in [7, 11) is 0.824. The van der Waals surface area contributed by atoms with E-state index in [1.807, 2.05) is 25.1 Å². The van der Waals surface area contributed by atoms with Gasteiger partial charge >= 0.3 is 0 Å². The van der Waals surface area contributed by atoms with E-state index in [0.29, 0.717) is 24.3 Å².